The number of halogens is 1. The highest BCUT2D eigenvalue weighted by Gasteiger charge is 2.17. The van der Waals surface area contributed by atoms with Gasteiger partial charge in [-0.05, 0) is 19.3 Å². The molecule has 0 bridgehead atoms. The summed E-state index contributed by atoms with van der Waals surface area (Å²) in [6.07, 6.45) is 6.68. The SMILES string of the molecule is NNc1nc(N2CCCCC2)nc(-n2cc(Cl)cn2)n1. The summed E-state index contributed by atoms with van der Waals surface area (Å²) in [4.78, 5) is 15.1. The fourth-order valence-electron chi connectivity index (χ4n) is 2.17. The first-order valence-corrected chi connectivity index (χ1v) is 6.82. The van der Waals surface area contributed by atoms with Gasteiger partial charge in [0.2, 0.25) is 11.9 Å². The molecule has 1 saturated heterocycles. The number of nitrogens with zero attached hydrogens (tertiary/aromatic N) is 6. The van der Waals surface area contributed by atoms with Gasteiger partial charge >= 0.3 is 0 Å². The molecule has 0 atom stereocenters. The van der Waals surface area contributed by atoms with Gasteiger partial charge in [0, 0.05) is 13.1 Å². The Kier molecular flexibility index (Phi) is 3.66. The predicted octanol–water partition coefficient (Wildman–Crippen LogP) is 0.987. The van der Waals surface area contributed by atoms with Gasteiger partial charge in [-0.1, -0.05) is 11.6 Å². The van der Waals surface area contributed by atoms with Crippen molar-refractivity contribution in [3.05, 3.63) is 17.4 Å². The number of nitrogens with one attached hydrogen (secondary N) is 1. The second-order valence-electron chi connectivity index (χ2n) is 4.55. The standard InChI is InChI=1S/C11H15ClN8/c12-8-6-14-20(7-8)11-16-9(18-13)15-10(17-11)19-4-2-1-3-5-19/h6-7H,1-5,13H2,(H,15,16,17,18). The van der Waals surface area contributed by atoms with E-state index in [9.17, 15) is 0 Å². The van der Waals surface area contributed by atoms with Gasteiger partial charge in [0.15, 0.2) is 0 Å². The maximum atomic E-state index is 5.87. The number of anilines is 2. The average Bonchev–Trinajstić information content (AvgIpc) is 2.94. The molecule has 1 aliphatic rings. The van der Waals surface area contributed by atoms with Crippen molar-refractivity contribution in [3.8, 4) is 5.95 Å². The molecule has 0 aliphatic carbocycles. The molecule has 0 amide bonds. The normalized spacial score (nSPS) is 15.4. The first-order valence-electron chi connectivity index (χ1n) is 6.44. The first-order chi connectivity index (χ1) is 9.76. The van der Waals surface area contributed by atoms with E-state index < -0.39 is 0 Å². The number of piperidine rings is 1. The van der Waals surface area contributed by atoms with E-state index in [1.807, 2.05) is 0 Å². The molecule has 0 saturated carbocycles. The summed E-state index contributed by atoms with van der Waals surface area (Å²) >= 11 is 5.87. The Labute approximate surface area is 120 Å². The Bertz CT molecular complexity index is 592. The van der Waals surface area contributed by atoms with Crippen molar-refractivity contribution in [2.24, 2.45) is 5.84 Å². The van der Waals surface area contributed by atoms with Gasteiger partial charge in [-0.15, -0.1) is 0 Å². The van der Waals surface area contributed by atoms with E-state index in [1.165, 1.54) is 17.3 Å². The fraction of sp³-hybridized carbons (Fsp3) is 0.455. The van der Waals surface area contributed by atoms with Crippen molar-refractivity contribution >= 4 is 23.5 Å². The number of rotatable bonds is 3. The van der Waals surface area contributed by atoms with Gasteiger partial charge < -0.3 is 4.90 Å². The van der Waals surface area contributed by atoms with Crippen LogP contribution in [0.3, 0.4) is 0 Å². The molecule has 106 valence electrons. The highest BCUT2D eigenvalue weighted by atomic mass is 35.5. The van der Waals surface area contributed by atoms with Crippen LogP contribution in [0.15, 0.2) is 12.4 Å². The minimum atomic E-state index is 0.308. The van der Waals surface area contributed by atoms with Crippen molar-refractivity contribution in [2.75, 3.05) is 23.4 Å². The second-order valence-corrected chi connectivity index (χ2v) is 4.99. The van der Waals surface area contributed by atoms with Crippen LogP contribution in [0.25, 0.3) is 5.95 Å². The van der Waals surface area contributed by atoms with Crippen molar-refractivity contribution in [1.29, 1.82) is 0 Å². The van der Waals surface area contributed by atoms with Crippen LogP contribution < -0.4 is 16.2 Å². The lowest BCUT2D eigenvalue weighted by atomic mass is 10.1. The maximum absolute atomic E-state index is 5.87. The van der Waals surface area contributed by atoms with Gasteiger partial charge in [-0.2, -0.15) is 20.1 Å². The van der Waals surface area contributed by atoms with Crippen LogP contribution in [-0.4, -0.2) is 37.8 Å². The molecule has 8 nitrogen and oxygen atoms in total. The summed E-state index contributed by atoms with van der Waals surface area (Å²) in [5, 5.41) is 4.61. The van der Waals surface area contributed by atoms with Crippen molar-refractivity contribution in [1.82, 2.24) is 24.7 Å². The number of nitrogens with two attached hydrogens (primary N) is 1. The van der Waals surface area contributed by atoms with Crippen LogP contribution in [0.1, 0.15) is 19.3 Å². The molecular weight excluding hydrogens is 280 g/mol. The monoisotopic (exact) mass is 294 g/mol. The summed E-state index contributed by atoms with van der Waals surface area (Å²) < 4.78 is 1.50. The molecule has 1 aliphatic heterocycles. The first kappa shape index (κ1) is 13.1. The summed E-state index contributed by atoms with van der Waals surface area (Å²) in [6.45, 7) is 1.88. The molecule has 3 N–H and O–H groups in total. The number of hydrogen-bond acceptors (Lipinski definition) is 7. The van der Waals surface area contributed by atoms with Crippen LogP contribution in [-0.2, 0) is 0 Å². The number of aromatic nitrogens is 5. The smallest absolute Gasteiger partial charge is 0.257 e. The zero-order valence-electron chi connectivity index (χ0n) is 10.8. The highest BCUT2D eigenvalue weighted by molar-refractivity contribution is 6.30. The number of hydrogen-bond donors (Lipinski definition) is 2. The lowest BCUT2D eigenvalue weighted by Crippen LogP contribution is -2.32. The maximum Gasteiger partial charge on any atom is 0.257 e. The van der Waals surface area contributed by atoms with Gasteiger partial charge in [0.25, 0.3) is 5.95 Å². The van der Waals surface area contributed by atoms with Gasteiger partial charge in [0.1, 0.15) is 0 Å². The van der Waals surface area contributed by atoms with Gasteiger partial charge in [-0.25, -0.2) is 10.5 Å². The molecule has 0 unspecified atom stereocenters. The third-order valence-corrected chi connectivity index (χ3v) is 3.33. The lowest BCUT2D eigenvalue weighted by molar-refractivity contribution is 0.566. The van der Waals surface area contributed by atoms with Crippen LogP contribution in [0.5, 0.6) is 0 Å². The summed E-state index contributed by atoms with van der Waals surface area (Å²) in [5.74, 6) is 6.73. The molecule has 9 heteroatoms. The average molecular weight is 295 g/mol. The van der Waals surface area contributed by atoms with Crippen molar-refractivity contribution in [2.45, 2.75) is 19.3 Å². The molecule has 1 fully saturated rings. The second kappa shape index (κ2) is 5.59. The third kappa shape index (κ3) is 2.66. The van der Waals surface area contributed by atoms with Crippen LogP contribution in [0.2, 0.25) is 5.02 Å². The highest BCUT2D eigenvalue weighted by Crippen LogP contribution is 2.18. The predicted molar refractivity (Wildman–Crippen MR) is 75.8 cm³/mol. The summed E-state index contributed by atoms with van der Waals surface area (Å²) in [5.41, 5.74) is 2.46. The number of hydrazine groups is 1. The van der Waals surface area contributed by atoms with E-state index >= 15 is 0 Å². The number of nitrogen functional groups attached to an aromatic ring is 1. The Balaban J connectivity index is 1.97. The molecule has 20 heavy (non-hydrogen) atoms. The molecular formula is C11H15ClN8. The fourth-order valence-corrected chi connectivity index (χ4v) is 2.30. The summed E-state index contributed by atoms with van der Waals surface area (Å²) in [7, 11) is 0. The van der Waals surface area contributed by atoms with E-state index in [0.717, 1.165) is 25.9 Å². The van der Waals surface area contributed by atoms with E-state index in [4.69, 9.17) is 17.4 Å². The minimum Gasteiger partial charge on any atom is -0.341 e. The largest absolute Gasteiger partial charge is 0.341 e. The summed E-state index contributed by atoms with van der Waals surface area (Å²) in [6, 6.07) is 0. The molecule has 3 rings (SSSR count). The lowest BCUT2D eigenvalue weighted by Gasteiger charge is -2.26. The van der Waals surface area contributed by atoms with Crippen LogP contribution in [0.4, 0.5) is 11.9 Å². The Hall–Kier alpha value is -1.93. The molecule has 0 radical (unpaired) electrons. The van der Waals surface area contributed by atoms with Crippen molar-refractivity contribution < 1.29 is 0 Å². The Morgan fingerprint density at radius 1 is 1.10 bits per heavy atom. The zero-order chi connectivity index (χ0) is 13.9. The molecule has 0 spiro atoms. The Morgan fingerprint density at radius 2 is 1.85 bits per heavy atom. The van der Waals surface area contributed by atoms with E-state index in [-0.39, 0.29) is 0 Å². The van der Waals surface area contributed by atoms with E-state index in [0.29, 0.717) is 22.9 Å². The van der Waals surface area contributed by atoms with Crippen LogP contribution >= 0.6 is 11.6 Å². The third-order valence-electron chi connectivity index (χ3n) is 3.14. The van der Waals surface area contributed by atoms with Crippen molar-refractivity contribution in [3.63, 3.8) is 0 Å². The van der Waals surface area contributed by atoms with Crippen LogP contribution in [0, 0.1) is 0 Å². The topological polar surface area (TPSA) is 97.8 Å². The molecule has 0 aromatic carbocycles. The quantitative estimate of drug-likeness (QED) is 0.643. The minimum absolute atomic E-state index is 0.308. The van der Waals surface area contributed by atoms with Gasteiger partial charge in [0.05, 0.1) is 17.4 Å². The molecule has 3 heterocycles. The van der Waals surface area contributed by atoms with E-state index in [2.05, 4.69) is 30.4 Å². The Morgan fingerprint density at radius 3 is 2.50 bits per heavy atom. The van der Waals surface area contributed by atoms with Gasteiger partial charge in [-0.3, -0.25) is 5.43 Å². The van der Waals surface area contributed by atoms with E-state index in [1.54, 1.807) is 6.20 Å². The molecule has 2 aromatic heterocycles. The molecule has 2 aromatic rings. The zero-order valence-corrected chi connectivity index (χ0v) is 11.6.